The number of nitrogens with one attached hydrogen (secondary N) is 2. The second kappa shape index (κ2) is 16.1. The number of hydrogen-bond donors (Lipinski definition) is 3. The molecule has 0 saturated carbocycles. The summed E-state index contributed by atoms with van der Waals surface area (Å²) in [5.74, 6) is -6.75. The van der Waals surface area contributed by atoms with E-state index in [0.29, 0.717) is 5.56 Å². The van der Waals surface area contributed by atoms with Crippen LogP contribution < -0.4 is 44.6 Å². The van der Waals surface area contributed by atoms with Gasteiger partial charge < -0.3 is 34.3 Å². The second-order valence-corrected chi connectivity index (χ2v) is 12.9. The number of carbonyl (C=O) groups is 4. The number of carboxylic acid groups (broad SMARTS) is 1. The maximum atomic E-state index is 14.4. The number of aliphatic carboxylic acids is 1. The molecule has 16 heteroatoms. The fourth-order valence-corrected chi connectivity index (χ4v) is 7.41. The number of esters is 3. The first-order valence-electron chi connectivity index (χ1n) is 13.7. The Morgan fingerprint density at radius 2 is 1.66 bits per heavy atom. The topological polar surface area (TPSA) is 212 Å². The number of aromatic amines is 1. The SMILES string of the molecule is CC(=O)O[C@@H]1[C@@H](OC(C)=O)[C@H](OC(C)=O)[P+]([O-])(N[C@@H](CC(C)C)C([O-])=N[C@@H](Cc2c[nH]c3ccccc23)C(=O)O)O[C@H]1C.[Na+]. The van der Waals surface area contributed by atoms with Crippen LogP contribution in [0, 0.1) is 5.92 Å². The molecule has 2 heterocycles. The molecule has 7 atom stereocenters. The molecule has 1 unspecified atom stereocenters. The normalized spacial score (nSPS) is 25.0. The Morgan fingerprint density at radius 3 is 2.23 bits per heavy atom. The average Bonchev–Trinajstić information content (AvgIpc) is 3.29. The van der Waals surface area contributed by atoms with Gasteiger partial charge in [-0.1, -0.05) is 32.0 Å². The van der Waals surface area contributed by atoms with Crippen LogP contribution in [0.15, 0.2) is 35.5 Å². The summed E-state index contributed by atoms with van der Waals surface area (Å²) in [6.07, 6.45) is -2.39. The van der Waals surface area contributed by atoms with E-state index in [2.05, 4.69) is 15.1 Å². The molecule has 0 aliphatic carbocycles. The molecule has 0 radical (unpaired) electrons. The molecule has 3 rings (SSSR count). The Hall–Kier alpha value is -2.58. The zero-order valence-electron chi connectivity index (χ0n) is 25.8. The minimum absolute atomic E-state index is 0. The van der Waals surface area contributed by atoms with Crippen molar-refractivity contribution in [2.75, 3.05) is 0 Å². The van der Waals surface area contributed by atoms with Crippen molar-refractivity contribution in [3.63, 3.8) is 0 Å². The van der Waals surface area contributed by atoms with Crippen molar-refractivity contribution in [3.05, 3.63) is 36.0 Å². The van der Waals surface area contributed by atoms with Crippen molar-refractivity contribution in [2.24, 2.45) is 10.9 Å². The van der Waals surface area contributed by atoms with Crippen molar-refractivity contribution in [3.8, 4) is 0 Å². The van der Waals surface area contributed by atoms with E-state index in [0.717, 1.165) is 31.7 Å². The van der Waals surface area contributed by atoms with Crippen LogP contribution in [0.1, 0.15) is 53.5 Å². The summed E-state index contributed by atoms with van der Waals surface area (Å²) in [6, 6.07) is 4.46. The molecule has 0 bridgehead atoms. The second-order valence-electron chi connectivity index (χ2n) is 10.8. The van der Waals surface area contributed by atoms with E-state index >= 15 is 0 Å². The molecule has 1 aliphatic heterocycles. The molecule has 3 N–H and O–H groups in total. The maximum absolute atomic E-state index is 14.4. The fourth-order valence-electron chi connectivity index (χ4n) is 4.91. The van der Waals surface area contributed by atoms with Crippen molar-refractivity contribution in [1.29, 1.82) is 0 Å². The number of fused-ring (bicyclic) bond motifs is 1. The van der Waals surface area contributed by atoms with Crippen LogP contribution in [-0.2, 0) is 44.3 Å². The molecule has 236 valence electrons. The van der Waals surface area contributed by atoms with Crippen LogP contribution in [0.25, 0.3) is 10.9 Å². The number of carboxylic acids is 1. The summed E-state index contributed by atoms with van der Waals surface area (Å²) in [5, 5.41) is 26.9. The Balaban J connectivity index is 0.00000675. The van der Waals surface area contributed by atoms with E-state index in [1.165, 1.54) is 6.92 Å². The van der Waals surface area contributed by atoms with Gasteiger partial charge in [0.25, 0.3) is 5.85 Å². The fraction of sp³-hybridized carbons (Fsp3) is 0.536. The average molecular weight is 646 g/mol. The van der Waals surface area contributed by atoms with Gasteiger partial charge in [-0.3, -0.25) is 19.4 Å². The van der Waals surface area contributed by atoms with Gasteiger partial charge in [0.05, 0.1) is 6.04 Å². The number of rotatable bonds is 12. The molecular formula is C28H37N3NaO11P. The Bertz CT molecular complexity index is 1370. The number of H-pyrrole nitrogens is 1. The van der Waals surface area contributed by atoms with Crippen molar-refractivity contribution in [1.82, 2.24) is 10.1 Å². The molecule has 14 nitrogen and oxygen atoms in total. The van der Waals surface area contributed by atoms with E-state index in [9.17, 15) is 34.3 Å². The third-order valence-electron chi connectivity index (χ3n) is 6.61. The van der Waals surface area contributed by atoms with Gasteiger partial charge in [0.2, 0.25) is 14.0 Å². The van der Waals surface area contributed by atoms with Gasteiger partial charge in [0.15, 0.2) is 6.10 Å². The summed E-state index contributed by atoms with van der Waals surface area (Å²) >= 11 is 0. The maximum Gasteiger partial charge on any atom is 1.00 e. The zero-order chi connectivity index (χ0) is 32.1. The Morgan fingerprint density at radius 1 is 1.07 bits per heavy atom. The number of nitrogens with zero attached hydrogens (tertiary/aromatic N) is 1. The van der Waals surface area contributed by atoms with Crippen LogP contribution >= 0.6 is 7.87 Å². The summed E-state index contributed by atoms with van der Waals surface area (Å²) in [6.45, 7) is 8.18. The van der Waals surface area contributed by atoms with Gasteiger partial charge in [0.1, 0.15) is 12.1 Å². The molecule has 1 aromatic carbocycles. The molecule has 1 aliphatic rings. The molecule has 1 fully saturated rings. The van der Waals surface area contributed by atoms with E-state index in [1.54, 1.807) is 26.1 Å². The molecule has 1 saturated heterocycles. The number of benzene rings is 1. The van der Waals surface area contributed by atoms with Gasteiger partial charge in [-0.2, -0.15) is 5.09 Å². The van der Waals surface area contributed by atoms with Crippen molar-refractivity contribution in [2.45, 2.75) is 90.6 Å². The molecule has 2 aromatic rings. The quantitative estimate of drug-likeness (QED) is 0.0584. The van der Waals surface area contributed by atoms with Gasteiger partial charge in [-0.25, -0.2) is 9.32 Å². The Kier molecular flexibility index (Phi) is 13.8. The minimum atomic E-state index is -4.44. The van der Waals surface area contributed by atoms with Crippen molar-refractivity contribution < 1.29 is 82.6 Å². The van der Waals surface area contributed by atoms with Crippen LogP contribution in [0.4, 0.5) is 0 Å². The van der Waals surface area contributed by atoms with Crippen molar-refractivity contribution >= 4 is 48.5 Å². The number of para-hydroxylation sites is 1. The smallest absolute Gasteiger partial charge is 0.861 e. The number of ether oxygens (including phenoxy) is 3. The third-order valence-corrected chi connectivity index (χ3v) is 9.00. The summed E-state index contributed by atoms with van der Waals surface area (Å²) in [4.78, 5) is 69.5. The minimum Gasteiger partial charge on any atom is -0.861 e. The van der Waals surface area contributed by atoms with Crippen LogP contribution in [0.3, 0.4) is 0 Å². The monoisotopic (exact) mass is 645 g/mol. The van der Waals surface area contributed by atoms with Crippen LogP contribution in [0.5, 0.6) is 0 Å². The zero-order valence-corrected chi connectivity index (χ0v) is 28.7. The predicted molar refractivity (Wildman–Crippen MR) is 151 cm³/mol. The van der Waals surface area contributed by atoms with E-state index in [1.807, 2.05) is 18.2 Å². The molecule has 0 spiro atoms. The van der Waals surface area contributed by atoms with E-state index < -0.39 is 73.9 Å². The molecular weight excluding hydrogens is 608 g/mol. The largest absolute Gasteiger partial charge is 1.00 e. The molecule has 44 heavy (non-hydrogen) atoms. The first kappa shape index (κ1) is 37.6. The first-order chi connectivity index (χ1) is 20.1. The van der Waals surface area contributed by atoms with Gasteiger partial charge in [0, 0.05) is 44.3 Å². The molecule has 1 aromatic heterocycles. The van der Waals surface area contributed by atoms with E-state index in [-0.39, 0.29) is 48.3 Å². The first-order valence-corrected chi connectivity index (χ1v) is 15.4. The van der Waals surface area contributed by atoms with Crippen LogP contribution in [-0.4, -0.2) is 76.1 Å². The van der Waals surface area contributed by atoms with Gasteiger partial charge in [-0.15, -0.1) is 0 Å². The third kappa shape index (κ3) is 9.71. The summed E-state index contributed by atoms with van der Waals surface area (Å²) in [5.41, 5.74) is 1.43. The van der Waals surface area contributed by atoms with Gasteiger partial charge >= 0.3 is 53.4 Å². The standard InChI is InChI=1S/C28H38N3O11P.Na/c1-14(2)11-22(26(35)30-23(27(36)37)12-19-13-29-21-10-8-7-9-20(19)21)31-43(38)28(41-18(6)34)25(40-17(5)33)24(15(3)42-43)39-16(4)32;/h7-10,13-15,22-25,28-29H,11-12H2,1-6H3,(H,30,35)(H,31,38)(H,36,37);/q;+1/p-1/t15-,22-,23-,24-,25+,28+,43?;/m0./s1. The van der Waals surface area contributed by atoms with E-state index in [4.69, 9.17) is 18.7 Å². The predicted octanol–water partition coefficient (Wildman–Crippen LogP) is -1.78. The van der Waals surface area contributed by atoms with Gasteiger partial charge in [-0.05, 0) is 36.8 Å². The number of aliphatic imine (C=N–C) groups is 1. The van der Waals surface area contributed by atoms with Crippen LogP contribution in [0.2, 0.25) is 0 Å². The summed E-state index contributed by atoms with van der Waals surface area (Å²) in [7, 11) is -4.44. The molecule has 0 amide bonds. The Labute approximate surface area is 277 Å². The summed E-state index contributed by atoms with van der Waals surface area (Å²) < 4.78 is 21.6. The number of aromatic nitrogens is 1. The number of carbonyl (C=O) groups excluding carboxylic acids is 3. The number of hydrogen-bond acceptors (Lipinski definition) is 12.